The third-order valence-electron chi connectivity index (χ3n) is 6.75. The highest BCUT2D eigenvalue weighted by molar-refractivity contribution is 5.91. The second-order valence-electron chi connectivity index (χ2n) is 9.02. The summed E-state index contributed by atoms with van der Waals surface area (Å²) < 4.78 is 74.9. The Morgan fingerprint density at radius 1 is 1.11 bits per heavy atom. The molecule has 1 aromatic carbocycles. The number of piperazine rings is 1. The topological polar surface area (TPSA) is 96.6 Å². The molecule has 0 unspecified atom stereocenters. The molecule has 0 bridgehead atoms. The number of rotatable bonds is 3. The first kappa shape index (κ1) is 25.1. The fourth-order valence-corrected chi connectivity index (χ4v) is 4.71. The molecule has 2 aliphatic rings. The van der Waals surface area contributed by atoms with Crippen LogP contribution in [-0.2, 0) is 22.8 Å². The van der Waals surface area contributed by atoms with E-state index < -0.39 is 34.7 Å². The quantitative estimate of drug-likeness (QED) is 0.524. The van der Waals surface area contributed by atoms with Crippen molar-refractivity contribution >= 4 is 22.9 Å². The molecule has 2 fully saturated rings. The maximum absolute atomic E-state index is 14.7. The molecule has 0 radical (unpaired) electrons. The molecule has 0 atom stereocenters. The largest absolute Gasteiger partial charge is 0.503 e. The molecular weight excluding hydrogens is 503 g/mol. The normalized spacial score (nSPS) is 17.6. The van der Waals surface area contributed by atoms with Crippen LogP contribution in [0.2, 0.25) is 0 Å². The Balaban J connectivity index is 1.41. The molecule has 1 amide bonds. The number of ether oxygens (including phenoxy) is 1. The summed E-state index contributed by atoms with van der Waals surface area (Å²) in [7, 11) is 1.47. The number of anilines is 1. The standard InChI is InChI=1S/C23H23F5N6O3/c1-32-20-14(18(31-32)13-10-15(23(26,27)28)17(25)19(35)16(13)24)11-29-22(30-20)34-6-4-33(5-7-34)21(36)12-2-8-37-9-3-12/h10-12,35H,2-9H2,1H3. The van der Waals surface area contributed by atoms with Gasteiger partial charge in [0.15, 0.2) is 23.0 Å². The lowest BCUT2D eigenvalue weighted by molar-refractivity contribution is -0.140. The van der Waals surface area contributed by atoms with Crippen molar-refractivity contribution in [3.8, 4) is 17.0 Å². The molecule has 14 heteroatoms. The molecule has 2 aliphatic heterocycles. The van der Waals surface area contributed by atoms with Crippen molar-refractivity contribution in [1.29, 1.82) is 0 Å². The van der Waals surface area contributed by atoms with E-state index in [0.29, 0.717) is 58.2 Å². The zero-order valence-corrected chi connectivity index (χ0v) is 19.7. The summed E-state index contributed by atoms with van der Waals surface area (Å²) >= 11 is 0. The molecule has 0 saturated carbocycles. The summed E-state index contributed by atoms with van der Waals surface area (Å²) in [5.74, 6) is -5.02. The summed E-state index contributed by atoms with van der Waals surface area (Å²) in [5.41, 5.74) is -2.61. The van der Waals surface area contributed by atoms with Crippen LogP contribution < -0.4 is 4.90 Å². The van der Waals surface area contributed by atoms with Crippen LogP contribution in [0.5, 0.6) is 5.75 Å². The Kier molecular flexibility index (Phi) is 6.38. The van der Waals surface area contributed by atoms with Crippen molar-refractivity contribution in [2.24, 2.45) is 13.0 Å². The van der Waals surface area contributed by atoms with Crippen LogP contribution in [0.4, 0.5) is 27.9 Å². The first-order valence-corrected chi connectivity index (χ1v) is 11.7. The van der Waals surface area contributed by atoms with Gasteiger partial charge in [-0.2, -0.15) is 23.3 Å². The second-order valence-corrected chi connectivity index (χ2v) is 9.02. The van der Waals surface area contributed by atoms with Gasteiger partial charge in [-0.15, -0.1) is 0 Å². The number of benzene rings is 1. The molecule has 198 valence electrons. The maximum Gasteiger partial charge on any atom is 0.419 e. The number of halogens is 5. The molecule has 1 N–H and O–H groups in total. The van der Waals surface area contributed by atoms with Crippen molar-refractivity contribution in [1.82, 2.24) is 24.6 Å². The van der Waals surface area contributed by atoms with Crippen LogP contribution in [0, 0.1) is 17.6 Å². The van der Waals surface area contributed by atoms with Crippen molar-refractivity contribution in [3.63, 3.8) is 0 Å². The van der Waals surface area contributed by atoms with Crippen LogP contribution in [0.3, 0.4) is 0 Å². The Morgan fingerprint density at radius 3 is 2.43 bits per heavy atom. The molecule has 9 nitrogen and oxygen atoms in total. The first-order valence-electron chi connectivity index (χ1n) is 11.7. The first-order chi connectivity index (χ1) is 17.6. The minimum absolute atomic E-state index is 0.0371. The average molecular weight is 526 g/mol. The SMILES string of the molecule is Cn1nc(-c2cc(C(F)(F)F)c(F)c(O)c2F)c2cnc(N3CCN(C(=O)C4CCOCC4)CC3)nc21. The molecule has 37 heavy (non-hydrogen) atoms. The number of alkyl halides is 3. The zero-order chi connectivity index (χ0) is 26.5. The number of hydrogen-bond acceptors (Lipinski definition) is 7. The number of hydrogen-bond donors (Lipinski definition) is 1. The van der Waals surface area contributed by atoms with Gasteiger partial charge in [-0.3, -0.25) is 4.79 Å². The number of phenols is 1. The van der Waals surface area contributed by atoms with E-state index in [1.54, 1.807) is 0 Å². The zero-order valence-electron chi connectivity index (χ0n) is 19.7. The summed E-state index contributed by atoms with van der Waals surface area (Å²) in [6.45, 7) is 3.07. The summed E-state index contributed by atoms with van der Waals surface area (Å²) in [4.78, 5) is 25.2. The number of aromatic hydroxyl groups is 1. The monoisotopic (exact) mass is 526 g/mol. The Labute approximate surface area is 207 Å². The lowest BCUT2D eigenvalue weighted by Crippen LogP contribution is -2.51. The molecular formula is C23H23F5N6O3. The van der Waals surface area contributed by atoms with Crippen molar-refractivity contribution in [2.75, 3.05) is 44.3 Å². The van der Waals surface area contributed by atoms with Gasteiger partial charge in [0, 0.05) is 64.1 Å². The van der Waals surface area contributed by atoms with E-state index in [0.717, 1.165) is 0 Å². The van der Waals surface area contributed by atoms with Gasteiger partial charge < -0.3 is 19.6 Å². The molecule has 0 aliphatic carbocycles. The van der Waals surface area contributed by atoms with Gasteiger partial charge in [0.1, 0.15) is 5.69 Å². The summed E-state index contributed by atoms with van der Waals surface area (Å²) in [6, 6.07) is 0.273. The second kappa shape index (κ2) is 9.39. The number of amides is 1. The van der Waals surface area contributed by atoms with Crippen LogP contribution in [0.1, 0.15) is 18.4 Å². The number of aryl methyl sites for hydroxylation is 1. The van der Waals surface area contributed by atoms with E-state index in [-0.39, 0.29) is 34.6 Å². The van der Waals surface area contributed by atoms with Gasteiger partial charge in [0.25, 0.3) is 0 Å². The van der Waals surface area contributed by atoms with Gasteiger partial charge in [0.2, 0.25) is 11.9 Å². The van der Waals surface area contributed by atoms with E-state index in [1.165, 1.54) is 17.9 Å². The Bertz CT molecular complexity index is 1350. The van der Waals surface area contributed by atoms with E-state index in [4.69, 9.17) is 4.74 Å². The van der Waals surface area contributed by atoms with Gasteiger partial charge in [-0.05, 0) is 18.9 Å². The van der Waals surface area contributed by atoms with Gasteiger partial charge in [0.05, 0.1) is 10.9 Å². The van der Waals surface area contributed by atoms with Gasteiger partial charge in [-0.1, -0.05) is 0 Å². The van der Waals surface area contributed by atoms with Crippen LogP contribution in [-0.4, -0.2) is 75.1 Å². The third-order valence-corrected chi connectivity index (χ3v) is 6.75. The highest BCUT2D eigenvalue weighted by Crippen LogP contribution is 2.41. The van der Waals surface area contributed by atoms with Crippen molar-refractivity contribution in [2.45, 2.75) is 19.0 Å². The van der Waals surface area contributed by atoms with Crippen molar-refractivity contribution < 1.29 is 36.6 Å². The lowest BCUT2D eigenvalue weighted by atomic mass is 9.98. The summed E-state index contributed by atoms with van der Waals surface area (Å²) in [5, 5.41) is 13.9. The lowest BCUT2D eigenvalue weighted by Gasteiger charge is -2.37. The fourth-order valence-electron chi connectivity index (χ4n) is 4.71. The Morgan fingerprint density at radius 2 is 1.78 bits per heavy atom. The average Bonchev–Trinajstić information content (AvgIpc) is 3.22. The highest BCUT2D eigenvalue weighted by atomic mass is 19.4. The highest BCUT2D eigenvalue weighted by Gasteiger charge is 2.38. The minimum Gasteiger partial charge on any atom is -0.503 e. The predicted molar refractivity (Wildman–Crippen MR) is 121 cm³/mol. The molecule has 2 saturated heterocycles. The van der Waals surface area contributed by atoms with E-state index in [2.05, 4.69) is 15.1 Å². The molecule has 0 spiro atoms. The van der Waals surface area contributed by atoms with E-state index >= 15 is 0 Å². The number of fused-ring (bicyclic) bond motifs is 1. The molecule has 2 aromatic heterocycles. The molecule has 5 rings (SSSR count). The maximum atomic E-state index is 14.7. The van der Waals surface area contributed by atoms with E-state index in [1.807, 2.05) is 9.80 Å². The number of carbonyl (C=O) groups is 1. The summed E-state index contributed by atoms with van der Waals surface area (Å²) in [6.07, 6.45) is -2.45. The van der Waals surface area contributed by atoms with Crippen LogP contribution >= 0.6 is 0 Å². The number of aromatic nitrogens is 4. The third kappa shape index (κ3) is 4.54. The minimum atomic E-state index is -5.16. The number of phenolic OH excluding ortho intramolecular Hbond substituents is 1. The van der Waals surface area contributed by atoms with Crippen LogP contribution in [0.25, 0.3) is 22.3 Å². The van der Waals surface area contributed by atoms with Crippen LogP contribution in [0.15, 0.2) is 12.3 Å². The predicted octanol–water partition coefficient (Wildman–Crippen LogP) is 3.11. The number of nitrogens with zero attached hydrogens (tertiary/aromatic N) is 6. The molecule has 3 aromatic rings. The van der Waals surface area contributed by atoms with Gasteiger partial charge in [-0.25, -0.2) is 18.4 Å². The molecule has 4 heterocycles. The van der Waals surface area contributed by atoms with E-state index in [9.17, 15) is 31.9 Å². The smallest absolute Gasteiger partial charge is 0.419 e. The van der Waals surface area contributed by atoms with Crippen molar-refractivity contribution in [3.05, 3.63) is 29.5 Å². The fraction of sp³-hybridized carbons (Fsp3) is 0.478. The Hall–Kier alpha value is -3.55. The van der Waals surface area contributed by atoms with Gasteiger partial charge >= 0.3 is 6.18 Å². The number of carbonyl (C=O) groups excluding carboxylic acids is 1.